The van der Waals surface area contributed by atoms with Crippen LogP contribution in [0.3, 0.4) is 0 Å². The fourth-order valence-electron chi connectivity index (χ4n) is 4.30. The van der Waals surface area contributed by atoms with Gasteiger partial charge in [-0.15, -0.1) is 0 Å². The van der Waals surface area contributed by atoms with Crippen molar-refractivity contribution in [1.29, 1.82) is 0 Å². The van der Waals surface area contributed by atoms with Crippen LogP contribution in [0.4, 0.5) is 29.5 Å². The molecular formula is C26H30F3N7O2. The van der Waals surface area contributed by atoms with E-state index in [0.717, 1.165) is 23.0 Å². The van der Waals surface area contributed by atoms with Gasteiger partial charge in [-0.2, -0.15) is 13.2 Å². The molecule has 2 heterocycles. The number of nitrogens with zero attached hydrogens (tertiary/aromatic N) is 4. The second-order valence-corrected chi connectivity index (χ2v) is 9.55. The third kappa shape index (κ3) is 6.49. The number of anilines is 2. The Morgan fingerprint density at radius 1 is 1.03 bits per heavy atom. The standard InChI is InChI=1S/C26H30F3N7O2/c1-16(2)22(23(30)37)34-24-19-8-3-4-9-20(19)32-21(33-24)15-35-10-12-36(13-11-35)25(38)31-18-7-5-6-17(14-18)26(27,28)29/h3-9,14,16,22H,10-13,15H2,1-2H3,(H2,30,37)(H,31,38)(H,32,33,34)/t22-/m0/s1. The lowest BCUT2D eigenvalue weighted by Crippen LogP contribution is -2.49. The van der Waals surface area contributed by atoms with Gasteiger partial charge in [0.1, 0.15) is 17.7 Å². The maximum Gasteiger partial charge on any atom is 0.416 e. The first kappa shape index (κ1) is 27.1. The Hall–Kier alpha value is -3.93. The molecule has 4 N–H and O–H groups in total. The summed E-state index contributed by atoms with van der Waals surface area (Å²) in [5, 5.41) is 6.51. The summed E-state index contributed by atoms with van der Waals surface area (Å²) >= 11 is 0. The number of benzene rings is 2. The number of fused-ring (bicyclic) bond motifs is 1. The third-order valence-corrected chi connectivity index (χ3v) is 6.38. The number of para-hydroxylation sites is 1. The second-order valence-electron chi connectivity index (χ2n) is 9.55. The van der Waals surface area contributed by atoms with Gasteiger partial charge in [0.2, 0.25) is 5.91 Å². The SMILES string of the molecule is CC(C)[C@H](Nc1nc(CN2CCN(C(=O)Nc3cccc(C(F)(F)F)c3)CC2)nc2ccccc12)C(N)=O. The van der Waals surface area contributed by atoms with Crippen LogP contribution in [0.5, 0.6) is 0 Å². The van der Waals surface area contributed by atoms with Gasteiger partial charge in [0.15, 0.2) is 0 Å². The van der Waals surface area contributed by atoms with Crippen LogP contribution in [-0.2, 0) is 17.5 Å². The van der Waals surface area contributed by atoms with Crippen LogP contribution in [0.25, 0.3) is 10.9 Å². The van der Waals surface area contributed by atoms with Crippen LogP contribution < -0.4 is 16.4 Å². The summed E-state index contributed by atoms with van der Waals surface area (Å²) in [6.45, 7) is 6.06. The molecule has 0 radical (unpaired) electrons. The van der Waals surface area contributed by atoms with Crippen LogP contribution in [0.1, 0.15) is 25.2 Å². The number of alkyl halides is 3. The molecule has 3 aromatic rings. The number of rotatable bonds is 7. The van der Waals surface area contributed by atoms with Gasteiger partial charge in [0.25, 0.3) is 0 Å². The van der Waals surface area contributed by atoms with E-state index in [1.165, 1.54) is 12.1 Å². The Morgan fingerprint density at radius 2 is 1.74 bits per heavy atom. The van der Waals surface area contributed by atoms with Gasteiger partial charge in [0.05, 0.1) is 17.6 Å². The van der Waals surface area contributed by atoms with Crippen molar-refractivity contribution >= 4 is 34.3 Å². The number of primary amides is 1. The molecule has 1 atom stereocenters. The molecule has 0 spiro atoms. The molecule has 0 aliphatic carbocycles. The van der Waals surface area contributed by atoms with Crippen molar-refractivity contribution in [2.45, 2.75) is 32.6 Å². The largest absolute Gasteiger partial charge is 0.416 e. The van der Waals surface area contributed by atoms with E-state index in [4.69, 9.17) is 5.73 Å². The molecule has 1 fully saturated rings. The fourth-order valence-corrected chi connectivity index (χ4v) is 4.30. The Bertz CT molecular complexity index is 1310. The number of hydrogen-bond donors (Lipinski definition) is 3. The average Bonchev–Trinajstić information content (AvgIpc) is 2.87. The number of carbonyl (C=O) groups excluding carboxylic acids is 2. The van der Waals surface area contributed by atoms with Gasteiger partial charge in [-0.25, -0.2) is 14.8 Å². The zero-order valence-electron chi connectivity index (χ0n) is 21.1. The summed E-state index contributed by atoms with van der Waals surface area (Å²) in [5.74, 6) is 0.575. The summed E-state index contributed by atoms with van der Waals surface area (Å²) < 4.78 is 38.9. The highest BCUT2D eigenvalue weighted by Crippen LogP contribution is 2.30. The lowest BCUT2D eigenvalue weighted by atomic mass is 10.0. The maximum absolute atomic E-state index is 13.0. The van der Waals surface area contributed by atoms with Gasteiger partial charge < -0.3 is 21.3 Å². The van der Waals surface area contributed by atoms with Crippen molar-refractivity contribution < 1.29 is 22.8 Å². The molecular weight excluding hydrogens is 499 g/mol. The zero-order chi connectivity index (χ0) is 27.4. The first-order valence-electron chi connectivity index (χ1n) is 12.3. The van der Waals surface area contributed by atoms with Gasteiger partial charge in [-0.1, -0.05) is 32.0 Å². The first-order valence-corrected chi connectivity index (χ1v) is 12.3. The van der Waals surface area contributed by atoms with Gasteiger partial charge in [-0.3, -0.25) is 9.69 Å². The van der Waals surface area contributed by atoms with Crippen molar-refractivity contribution in [3.05, 3.63) is 59.9 Å². The Balaban J connectivity index is 1.41. The number of urea groups is 1. The van der Waals surface area contributed by atoms with E-state index >= 15 is 0 Å². The lowest BCUT2D eigenvalue weighted by Gasteiger charge is -2.34. The van der Waals surface area contributed by atoms with E-state index < -0.39 is 29.7 Å². The molecule has 12 heteroatoms. The lowest BCUT2D eigenvalue weighted by molar-refractivity contribution is -0.137. The summed E-state index contributed by atoms with van der Waals surface area (Å²) in [6, 6.07) is 11.0. The average molecular weight is 530 g/mol. The van der Waals surface area contributed by atoms with Crippen molar-refractivity contribution in [3.63, 3.8) is 0 Å². The van der Waals surface area contributed by atoms with Crippen LogP contribution in [0.2, 0.25) is 0 Å². The topological polar surface area (TPSA) is 116 Å². The minimum atomic E-state index is -4.48. The molecule has 3 amide bonds. The molecule has 1 aromatic heterocycles. The van der Waals surface area contributed by atoms with E-state index in [2.05, 4.69) is 25.5 Å². The minimum absolute atomic E-state index is 0.0418. The van der Waals surface area contributed by atoms with Crippen LogP contribution in [0, 0.1) is 5.92 Å². The number of nitrogens with one attached hydrogen (secondary N) is 2. The monoisotopic (exact) mass is 529 g/mol. The molecule has 1 aliphatic rings. The Morgan fingerprint density at radius 3 is 2.39 bits per heavy atom. The van der Waals surface area contributed by atoms with Crippen LogP contribution >= 0.6 is 0 Å². The highest BCUT2D eigenvalue weighted by atomic mass is 19.4. The quantitative estimate of drug-likeness (QED) is 0.427. The number of piperazine rings is 1. The highest BCUT2D eigenvalue weighted by molar-refractivity contribution is 5.92. The van der Waals surface area contributed by atoms with E-state index in [1.54, 1.807) is 4.90 Å². The number of nitrogens with two attached hydrogens (primary N) is 1. The molecule has 1 saturated heterocycles. The van der Waals surface area contributed by atoms with Crippen molar-refractivity contribution in [1.82, 2.24) is 19.8 Å². The van der Waals surface area contributed by atoms with Crippen molar-refractivity contribution in [2.75, 3.05) is 36.8 Å². The normalized spacial score (nSPS) is 15.5. The molecule has 4 rings (SSSR count). The zero-order valence-corrected chi connectivity index (χ0v) is 21.1. The highest BCUT2D eigenvalue weighted by Gasteiger charge is 2.31. The second kappa shape index (κ2) is 11.2. The summed E-state index contributed by atoms with van der Waals surface area (Å²) in [4.78, 5) is 37.6. The van der Waals surface area contributed by atoms with E-state index in [9.17, 15) is 22.8 Å². The number of carbonyl (C=O) groups is 2. The van der Waals surface area contributed by atoms with Gasteiger partial charge >= 0.3 is 12.2 Å². The molecule has 2 aromatic carbocycles. The van der Waals surface area contributed by atoms with Crippen molar-refractivity contribution in [2.24, 2.45) is 11.7 Å². The number of hydrogen-bond acceptors (Lipinski definition) is 6. The molecule has 1 aliphatic heterocycles. The Kier molecular flexibility index (Phi) is 8.00. The van der Waals surface area contributed by atoms with E-state index in [1.807, 2.05) is 38.1 Å². The first-order chi connectivity index (χ1) is 18.0. The number of halogens is 3. The summed E-state index contributed by atoms with van der Waals surface area (Å²) in [6.07, 6.45) is -4.48. The maximum atomic E-state index is 13.0. The molecule has 9 nitrogen and oxygen atoms in total. The predicted octanol–water partition coefficient (Wildman–Crippen LogP) is 3.92. The fraction of sp³-hybridized carbons (Fsp3) is 0.385. The Labute approximate surface area is 218 Å². The van der Waals surface area contributed by atoms with Crippen LogP contribution in [-0.4, -0.2) is 63.9 Å². The van der Waals surface area contributed by atoms with E-state index in [-0.39, 0.29) is 11.6 Å². The molecule has 0 unspecified atom stereocenters. The molecule has 0 bridgehead atoms. The molecule has 202 valence electrons. The van der Waals surface area contributed by atoms with Crippen molar-refractivity contribution in [3.8, 4) is 0 Å². The number of amides is 3. The minimum Gasteiger partial charge on any atom is -0.368 e. The third-order valence-electron chi connectivity index (χ3n) is 6.38. The smallest absolute Gasteiger partial charge is 0.368 e. The molecule has 0 saturated carbocycles. The van der Waals surface area contributed by atoms with E-state index in [0.29, 0.717) is 44.4 Å². The summed E-state index contributed by atoms with van der Waals surface area (Å²) in [7, 11) is 0. The molecule has 38 heavy (non-hydrogen) atoms. The summed E-state index contributed by atoms with van der Waals surface area (Å²) in [5.41, 5.74) is 5.59. The van der Waals surface area contributed by atoms with Gasteiger partial charge in [-0.05, 0) is 36.2 Å². The number of aromatic nitrogens is 2. The predicted molar refractivity (Wildman–Crippen MR) is 138 cm³/mol. The van der Waals surface area contributed by atoms with Crippen LogP contribution in [0.15, 0.2) is 48.5 Å². The van der Waals surface area contributed by atoms with Gasteiger partial charge in [0, 0.05) is 37.3 Å².